The zero-order valence-electron chi connectivity index (χ0n) is 13.6. The number of pyridine rings is 1. The first-order chi connectivity index (χ1) is 12.8. The molecule has 1 amide bonds. The second-order valence-electron chi connectivity index (χ2n) is 5.76. The number of hydrogen-bond donors (Lipinski definition) is 1. The predicted molar refractivity (Wildman–Crippen MR) is 99.9 cm³/mol. The molecule has 0 saturated heterocycles. The Morgan fingerprint density at radius 1 is 1.35 bits per heavy atom. The minimum Gasteiger partial charge on any atom is -0.316 e. The van der Waals surface area contributed by atoms with Crippen LogP contribution in [-0.4, -0.2) is 31.4 Å². The Morgan fingerprint density at radius 3 is 2.88 bits per heavy atom. The number of carbonyl (C=O) groups excluding carboxylic acids is 1. The van der Waals surface area contributed by atoms with Crippen molar-refractivity contribution in [3.05, 3.63) is 41.5 Å². The lowest BCUT2D eigenvalue weighted by Crippen LogP contribution is -2.14. The summed E-state index contributed by atoms with van der Waals surface area (Å²) < 4.78 is 2.11. The molecular weight excluding hydrogens is 368 g/mol. The minimum absolute atomic E-state index is 0.162. The van der Waals surface area contributed by atoms with Crippen LogP contribution < -0.4 is 5.32 Å². The highest BCUT2D eigenvalue weighted by Gasteiger charge is 2.30. The van der Waals surface area contributed by atoms with E-state index in [4.69, 9.17) is 5.26 Å². The number of anilines is 1. The highest BCUT2D eigenvalue weighted by atomic mass is 32.2. The number of aromatic nitrogens is 4. The number of rotatable bonds is 6. The van der Waals surface area contributed by atoms with E-state index < -0.39 is 0 Å². The van der Waals surface area contributed by atoms with Crippen LogP contribution in [0.2, 0.25) is 0 Å². The van der Waals surface area contributed by atoms with Gasteiger partial charge in [0.2, 0.25) is 5.91 Å². The van der Waals surface area contributed by atoms with Gasteiger partial charge >= 0.3 is 0 Å². The molecule has 0 aliphatic heterocycles. The van der Waals surface area contributed by atoms with E-state index in [2.05, 4.69) is 31.1 Å². The van der Waals surface area contributed by atoms with Crippen molar-refractivity contribution < 1.29 is 4.79 Å². The normalized spacial score (nSPS) is 13.3. The third-order valence-electron chi connectivity index (χ3n) is 3.89. The van der Waals surface area contributed by atoms with Crippen molar-refractivity contribution in [2.75, 3.05) is 11.1 Å². The maximum Gasteiger partial charge on any atom is 0.235 e. The van der Waals surface area contributed by atoms with Crippen LogP contribution in [0.1, 0.15) is 24.4 Å². The van der Waals surface area contributed by atoms with Crippen molar-refractivity contribution in [1.82, 2.24) is 19.7 Å². The molecule has 3 aromatic rings. The molecule has 0 bridgehead atoms. The molecule has 0 spiro atoms. The van der Waals surface area contributed by atoms with Gasteiger partial charge in [-0.1, -0.05) is 11.8 Å². The van der Waals surface area contributed by atoms with Crippen LogP contribution in [0.25, 0.3) is 11.4 Å². The summed E-state index contributed by atoms with van der Waals surface area (Å²) in [5.74, 6) is 0.858. The molecule has 26 heavy (non-hydrogen) atoms. The quantitative estimate of drug-likeness (QED) is 0.657. The summed E-state index contributed by atoms with van der Waals surface area (Å²) >= 11 is 2.70. The second kappa shape index (κ2) is 7.27. The Bertz CT molecular complexity index is 971. The summed E-state index contributed by atoms with van der Waals surface area (Å²) in [6, 6.07) is 7.96. The van der Waals surface area contributed by atoms with Crippen LogP contribution in [0.15, 0.2) is 41.1 Å². The molecule has 0 atom stereocenters. The maximum absolute atomic E-state index is 12.2. The number of nitrogens with one attached hydrogen (secondary N) is 1. The Morgan fingerprint density at radius 2 is 2.15 bits per heavy atom. The van der Waals surface area contributed by atoms with Gasteiger partial charge in [-0.2, -0.15) is 5.26 Å². The van der Waals surface area contributed by atoms with Crippen molar-refractivity contribution in [3.63, 3.8) is 0 Å². The minimum atomic E-state index is -0.162. The first-order valence-corrected chi connectivity index (χ1v) is 9.88. The number of amides is 1. The number of carbonyl (C=O) groups is 1. The Kier molecular flexibility index (Phi) is 4.69. The topological polar surface area (TPSA) is 96.5 Å². The monoisotopic (exact) mass is 382 g/mol. The van der Waals surface area contributed by atoms with E-state index in [-0.39, 0.29) is 11.7 Å². The lowest BCUT2D eigenvalue weighted by atomic mass is 10.2. The van der Waals surface area contributed by atoms with Gasteiger partial charge in [0.1, 0.15) is 11.1 Å². The number of thiophene rings is 1. The summed E-state index contributed by atoms with van der Waals surface area (Å²) in [7, 11) is 0. The molecule has 0 aromatic carbocycles. The molecule has 1 aliphatic carbocycles. The average molecular weight is 382 g/mol. The SMILES string of the molecule is N#Cc1ccsc1NC(=O)CSc1nnc(-c2ccncc2)n1C1CC1. The van der Waals surface area contributed by atoms with Crippen LogP contribution >= 0.6 is 23.1 Å². The number of nitrogens with zero attached hydrogens (tertiary/aromatic N) is 5. The van der Waals surface area contributed by atoms with E-state index in [9.17, 15) is 4.79 Å². The van der Waals surface area contributed by atoms with Crippen LogP contribution in [0.5, 0.6) is 0 Å². The van der Waals surface area contributed by atoms with Gasteiger partial charge in [0.05, 0.1) is 11.3 Å². The summed E-state index contributed by atoms with van der Waals surface area (Å²) in [4.78, 5) is 16.3. The Hall–Kier alpha value is -2.70. The smallest absolute Gasteiger partial charge is 0.235 e. The molecule has 1 saturated carbocycles. The molecule has 0 unspecified atom stereocenters. The fraction of sp³-hybridized carbons (Fsp3) is 0.235. The van der Waals surface area contributed by atoms with E-state index >= 15 is 0 Å². The molecule has 7 nitrogen and oxygen atoms in total. The molecular formula is C17H14N6OS2. The lowest BCUT2D eigenvalue weighted by molar-refractivity contribution is -0.113. The predicted octanol–water partition coefficient (Wildman–Crippen LogP) is 3.34. The van der Waals surface area contributed by atoms with Crippen molar-refractivity contribution in [3.8, 4) is 17.5 Å². The first-order valence-electron chi connectivity index (χ1n) is 8.02. The lowest BCUT2D eigenvalue weighted by Gasteiger charge is -2.08. The van der Waals surface area contributed by atoms with E-state index in [1.165, 1.54) is 23.1 Å². The summed E-state index contributed by atoms with van der Waals surface area (Å²) in [6.45, 7) is 0. The fourth-order valence-corrected chi connectivity index (χ4v) is 4.08. The van der Waals surface area contributed by atoms with Gasteiger partial charge in [0.25, 0.3) is 0 Å². The Balaban J connectivity index is 1.48. The van der Waals surface area contributed by atoms with Crippen LogP contribution in [0.4, 0.5) is 5.00 Å². The number of thioether (sulfide) groups is 1. The van der Waals surface area contributed by atoms with Crippen LogP contribution in [0.3, 0.4) is 0 Å². The Labute approximate surface area is 158 Å². The molecule has 9 heteroatoms. The molecule has 3 heterocycles. The summed E-state index contributed by atoms with van der Waals surface area (Å²) in [5, 5.41) is 23.5. The zero-order valence-corrected chi connectivity index (χ0v) is 15.3. The van der Waals surface area contributed by atoms with Gasteiger partial charge in [-0.05, 0) is 36.4 Å². The molecule has 4 rings (SSSR count). The highest BCUT2D eigenvalue weighted by molar-refractivity contribution is 7.99. The molecule has 1 fully saturated rings. The third-order valence-corrected chi connectivity index (χ3v) is 5.66. The van der Waals surface area contributed by atoms with E-state index in [0.29, 0.717) is 16.6 Å². The van der Waals surface area contributed by atoms with Gasteiger partial charge in [0, 0.05) is 24.0 Å². The highest BCUT2D eigenvalue weighted by Crippen LogP contribution is 2.41. The fourth-order valence-electron chi connectivity index (χ4n) is 2.52. The molecule has 130 valence electrons. The first kappa shape index (κ1) is 16.8. The largest absolute Gasteiger partial charge is 0.316 e. The van der Waals surface area contributed by atoms with Gasteiger partial charge in [-0.15, -0.1) is 21.5 Å². The maximum atomic E-state index is 12.2. The van der Waals surface area contributed by atoms with Crippen molar-refractivity contribution in [2.24, 2.45) is 0 Å². The zero-order chi connectivity index (χ0) is 17.9. The summed E-state index contributed by atoms with van der Waals surface area (Å²) in [6.07, 6.45) is 5.65. The van der Waals surface area contributed by atoms with E-state index in [1.54, 1.807) is 23.8 Å². The standard InChI is InChI=1S/C17H14N6OS2/c18-9-12-5-8-25-16(12)20-14(24)10-26-17-22-21-15(23(17)13-1-2-13)11-3-6-19-7-4-11/h3-8,13H,1-2,10H2,(H,20,24). The van der Waals surface area contributed by atoms with E-state index in [1.807, 2.05) is 12.1 Å². The number of hydrogen-bond acceptors (Lipinski definition) is 7. The third kappa shape index (κ3) is 3.47. The van der Waals surface area contributed by atoms with Gasteiger partial charge in [-0.25, -0.2) is 0 Å². The van der Waals surface area contributed by atoms with Crippen molar-refractivity contribution in [1.29, 1.82) is 5.26 Å². The van der Waals surface area contributed by atoms with Crippen molar-refractivity contribution >= 4 is 34.0 Å². The van der Waals surface area contributed by atoms with Crippen molar-refractivity contribution in [2.45, 2.75) is 24.0 Å². The van der Waals surface area contributed by atoms with Crippen LogP contribution in [-0.2, 0) is 4.79 Å². The van der Waals surface area contributed by atoms with E-state index in [0.717, 1.165) is 29.4 Å². The molecule has 1 aliphatic rings. The van der Waals surface area contributed by atoms with Gasteiger partial charge in [-0.3, -0.25) is 14.3 Å². The van der Waals surface area contributed by atoms with Gasteiger partial charge < -0.3 is 5.32 Å². The summed E-state index contributed by atoms with van der Waals surface area (Å²) in [5.41, 5.74) is 1.45. The van der Waals surface area contributed by atoms with Crippen LogP contribution in [0, 0.1) is 11.3 Å². The molecule has 1 N–H and O–H groups in total. The average Bonchev–Trinajstić information content (AvgIpc) is 3.26. The molecule has 0 radical (unpaired) electrons. The second-order valence-corrected chi connectivity index (χ2v) is 7.61. The van der Waals surface area contributed by atoms with Gasteiger partial charge in [0.15, 0.2) is 11.0 Å². The number of nitriles is 1. The molecule has 3 aromatic heterocycles.